The van der Waals surface area contributed by atoms with E-state index in [1.807, 2.05) is 0 Å². The summed E-state index contributed by atoms with van der Waals surface area (Å²) in [5.41, 5.74) is 0.498. The molecule has 0 aliphatic carbocycles. The first kappa shape index (κ1) is 14.9. The monoisotopic (exact) mass is 269 g/mol. The van der Waals surface area contributed by atoms with Gasteiger partial charge in [-0.15, -0.1) is 0 Å². The second-order valence-electron chi connectivity index (χ2n) is 4.21. The van der Waals surface area contributed by atoms with E-state index in [4.69, 9.17) is 9.84 Å². The highest BCUT2D eigenvalue weighted by Crippen LogP contribution is 2.17. The quantitative estimate of drug-likeness (QED) is 0.817. The number of rotatable bonds is 6. The normalized spacial score (nSPS) is 11.7. The van der Waals surface area contributed by atoms with E-state index in [1.54, 1.807) is 13.0 Å². The summed E-state index contributed by atoms with van der Waals surface area (Å²) in [7, 11) is 1.36. The summed E-state index contributed by atoms with van der Waals surface area (Å²) < 4.78 is 18.2. The molecule has 0 saturated heterocycles. The third-order valence-corrected chi connectivity index (χ3v) is 2.47. The highest BCUT2D eigenvalue weighted by Gasteiger charge is 2.12. The fourth-order valence-corrected chi connectivity index (χ4v) is 1.64. The Balaban J connectivity index is 2.57. The molecule has 1 atom stereocenters. The second kappa shape index (κ2) is 6.72. The maximum absolute atomic E-state index is 13.4. The predicted octanol–water partition coefficient (Wildman–Crippen LogP) is 1.36. The number of nitrogens with one attached hydrogen (secondary N) is 1. The molecule has 0 bridgehead atoms. The van der Waals surface area contributed by atoms with Gasteiger partial charge in [-0.1, -0.05) is 6.07 Å². The molecule has 5 nitrogen and oxygen atoms in total. The number of hydrogen-bond donors (Lipinski definition) is 2. The molecule has 1 unspecified atom stereocenters. The standard InChI is InChI=1S/C13H16FNO4/c1-8(5-13(17)18)15-12(16)7-9-3-4-11(19-2)10(14)6-9/h3-4,6,8H,5,7H2,1-2H3,(H,15,16)(H,17,18). The van der Waals surface area contributed by atoms with Crippen molar-refractivity contribution in [3.63, 3.8) is 0 Å². The van der Waals surface area contributed by atoms with Gasteiger partial charge in [0.25, 0.3) is 0 Å². The van der Waals surface area contributed by atoms with Crippen molar-refractivity contribution in [2.24, 2.45) is 0 Å². The van der Waals surface area contributed by atoms with Crippen LogP contribution in [0.4, 0.5) is 4.39 Å². The van der Waals surface area contributed by atoms with Gasteiger partial charge >= 0.3 is 5.97 Å². The van der Waals surface area contributed by atoms with Crippen molar-refractivity contribution in [2.45, 2.75) is 25.8 Å². The number of carbonyl (C=O) groups is 2. The van der Waals surface area contributed by atoms with Gasteiger partial charge in [-0.25, -0.2) is 4.39 Å². The van der Waals surface area contributed by atoms with Crippen LogP contribution in [0.25, 0.3) is 0 Å². The number of carbonyl (C=O) groups excluding carboxylic acids is 1. The molecule has 6 heteroatoms. The maximum atomic E-state index is 13.4. The fraction of sp³-hybridized carbons (Fsp3) is 0.385. The highest BCUT2D eigenvalue weighted by molar-refractivity contribution is 5.79. The van der Waals surface area contributed by atoms with E-state index in [1.165, 1.54) is 19.2 Å². The van der Waals surface area contributed by atoms with Crippen molar-refractivity contribution in [3.8, 4) is 5.75 Å². The van der Waals surface area contributed by atoms with E-state index < -0.39 is 17.8 Å². The molecule has 1 aromatic rings. The van der Waals surface area contributed by atoms with Crippen LogP contribution in [-0.2, 0) is 16.0 Å². The summed E-state index contributed by atoms with van der Waals surface area (Å²) in [6, 6.07) is 3.79. The van der Waals surface area contributed by atoms with Crippen molar-refractivity contribution in [2.75, 3.05) is 7.11 Å². The molecule has 0 radical (unpaired) electrons. The van der Waals surface area contributed by atoms with Crippen molar-refractivity contribution in [1.82, 2.24) is 5.32 Å². The fourth-order valence-electron chi connectivity index (χ4n) is 1.64. The number of carboxylic acid groups (broad SMARTS) is 1. The van der Waals surface area contributed by atoms with Crippen LogP contribution in [0, 0.1) is 5.82 Å². The third-order valence-electron chi connectivity index (χ3n) is 2.47. The zero-order chi connectivity index (χ0) is 14.4. The van der Waals surface area contributed by atoms with Crippen LogP contribution in [-0.4, -0.2) is 30.1 Å². The molecule has 0 heterocycles. The van der Waals surface area contributed by atoms with Gasteiger partial charge in [0.2, 0.25) is 5.91 Å². The molecule has 1 amide bonds. The largest absolute Gasteiger partial charge is 0.494 e. The Morgan fingerprint density at radius 1 is 1.47 bits per heavy atom. The molecule has 0 fully saturated rings. The number of hydrogen-bond acceptors (Lipinski definition) is 3. The van der Waals surface area contributed by atoms with E-state index in [-0.39, 0.29) is 24.5 Å². The number of halogens is 1. The minimum absolute atomic E-state index is 0.00905. The summed E-state index contributed by atoms with van der Waals surface area (Å²) in [6.45, 7) is 1.60. The minimum Gasteiger partial charge on any atom is -0.494 e. The van der Waals surface area contributed by atoms with Gasteiger partial charge in [0.15, 0.2) is 11.6 Å². The van der Waals surface area contributed by atoms with Gasteiger partial charge in [0, 0.05) is 6.04 Å². The molecule has 19 heavy (non-hydrogen) atoms. The zero-order valence-electron chi connectivity index (χ0n) is 10.8. The number of methoxy groups -OCH3 is 1. The molecule has 2 N–H and O–H groups in total. The summed E-state index contributed by atoms with van der Waals surface area (Å²) >= 11 is 0. The van der Waals surface area contributed by atoms with Gasteiger partial charge in [0.05, 0.1) is 20.0 Å². The zero-order valence-corrected chi connectivity index (χ0v) is 10.8. The van der Waals surface area contributed by atoms with Gasteiger partial charge in [-0.05, 0) is 24.6 Å². The van der Waals surface area contributed by atoms with Gasteiger partial charge < -0.3 is 15.2 Å². The van der Waals surface area contributed by atoms with Crippen molar-refractivity contribution >= 4 is 11.9 Å². The average molecular weight is 269 g/mol. The Labute approximate surface area is 110 Å². The Kier molecular flexibility index (Phi) is 5.29. The highest BCUT2D eigenvalue weighted by atomic mass is 19.1. The average Bonchev–Trinajstić information content (AvgIpc) is 2.27. The van der Waals surface area contributed by atoms with Crippen LogP contribution in [0.5, 0.6) is 5.75 Å². The van der Waals surface area contributed by atoms with Crippen LogP contribution in [0.3, 0.4) is 0 Å². The lowest BCUT2D eigenvalue weighted by Crippen LogP contribution is -2.35. The first-order valence-corrected chi connectivity index (χ1v) is 5.76. The number of carboxylic acids is 1. The smallest absolute Gasteiger partial charge is 0.305 e. The van der Waals surface area contributed by atoms with E-state index in [2.05, 4.69) is 5.32 Å². The lowest BCUT2D eigenvalue weighted by atomic mass is 10.1. The van der Waals surface area contributed by atoms with Crippen molar-refractivity contribution < 1.29 is 23.8 Å². The van der Waals surface area contributed by atoms with Gasteiger partial charge in [-0.2, -0.15) is 0 Å². The lowest BCUT2D eigenvalue weighted by Gasteiger charge is -2.11. The van der Waals surface area contributed by atoms with Crippen LogP contribution in [0.1, 0.15) is 18.9 Å². The summed E-state index contributed by atoms with van der Waals surface area (Å²) in [4.78, 5) is 22.1. The predicted molar refractivity (Wildman–Crippen MR) is 66.5 cm³/mol. The molecule has 0 aromatic heterocycles. The molecule has 0 spiro atoms. The topological polar surface area (TPSA) is 75.6 Å². The minimum atomic E-state index is -0.983. The van der Waals surface area contributed by atoms with Crippen LogP contribution in [0.2, 0.25) is 0 Å². The van der Waals surface area contributed by atoms with Crippen LogP contribution >= 0.6 is 0 Å². The number of ether oxygens (including phenoxy) is 1. The molecule has 0 aliphatic rings. The van der Waals surface area contributed by atoms with Crippen LogP contribution in [0.15, 0.2) is 18.2 Å². The third kappa shape index (κ3) is 4.95. The first-order valence-electron chi connectivity index (χ1n) is 5.76. The SMILES string of the molecule is COc1ccc(CC(=O)NC(C)CC(=O)O)cc1F. The second-order valence-corrected chi connectivity index (χ2v) is 4.21. The summed E-state index contributed by atoms with van der Waals surface area (Å²) in [6.07, 6.45) is -0.159. The van der Waals surface area contributed by atoms with E-state index in [0.29, 0.717) is 5.56 Å². The van der Waals surface area contributed by atoms with Crippen molar-refractivity contribution in [3.05, 3.63) is 29.6 Å². The Morgan fingerprint density at radius 3 is 2.68 bits per heavy atom. The number of benzene rings is 1. The van der Waals surface area contributed by atoms with E-state index >= 15 is 0 Å². The van der Waals surface area contributed by atoms with Crippen LogP contribution < -0.4 is 10.1 Å². The summed E-state index contributed by atoms with van der Waals surface area (Å²) in [5, 5.41) is 11.1. The maximum Gasteiger partial charge on any atom is 0.305 e. The van der Waals surface area contributed by atoms with Gasteiger partial charge in [-0.3, -0.25) is 9.59 Å². The lowest BCUT2D eigenvalue weighted by molar-refractivity contribution is -0.137. The molecule has 1 aromatic carbocycles. The number of amides is 1. The van der Waals surface area contributed by atoms with E-state index in [9.17, 15) is 14.0 Å². The first-order chi connectivity index (χ1) is 8.92. The molecule has 1 rings (SSSR count). The van der Waals surface area contributed by atoms with E-state index in [0.717, 1.165) is 0 Å². The number of aliphatic carboxylic acids is 1. The Bertz CT molecular complexity index is 476. The van der Waals surface area contributed by atoms with Gasteiger partial charge in [0.1, 0.15) is 0 Å². The molecule has 0 saturated carbocycles. The Morgan fingerprint density at radius 2 is 2.16 bits per heavy atom. The molecule has 0 aliphatic heterocycles. The molecular formula is C13H16FNO4. The Hall–Kier alpha value is -2.11. The molecular weight excluding hydrogens is 253 g/mol. The van der Waals surface area contributed by atoms with Crippen molar-refractivity contribution in [1.29, 1.82) is 0 Å². The molecule has 104 valence electrons. The summed E-state index contributed by atoms with van der Waals surface area (Å²) in [5.74, 6) is -1.75.